The Morgan fingerprint density at radius 3 is 2.37 bits per heavy atom. The fourth-order valence-electron chi connectivity index (χ4n) is 2.31. The minimum absolute atomic E-state index is 0. The normalized spacial score (nSPS) is 16.6. The molecule has 1 aliphatic carbocycles. The monoisotopic (exact) mass is 313 g/mol. The zero-order valence-corrected chi connectivity index (χ0v) is 13.7. The third kappa shape index (κ3) is 7.35. The number of carbonyl (C=O) groups excluding carboxylic acids is 1. The number of nitrogens with zero attached hydrogens (tertiary/aromatic N) is 1. The molecular formula is C13H29Cl2N3O. The van der Waals surface area contributed by atoms with Gasteiger partial charge in [0.2, 0.25) is 5.91 Å². The van der Waals surface area contributed by atoms with Gasteiger partial charge in [0, 0.05) is 13.1 Å². The van der Waals surface area contributed by atoms with Crippen molar-refractivity contribution in [2.45, 2.75) is 51.0 Å². The average Bonchev–Trinajstić information content (AvgIpc) is 2.74. The molecule has 4 nitrogen and oxygen atoms in total. The maximum Gasteiger partial charge on any atom is 0.240 e. The molecular weight excluding hydrogens is 285 g/mol. The molecule has 1 fully saturated rings. The first-order chi connectivity index (χ1) is 8.08. The SMILES string of the molecule is CCCCN(C)CCNC(=O)C1(N)CCCC1.Cl.Cl. The molecule has 0 aromatic rings. The maximum atomic E-state index is 11.9. The smallest absolute Gasteiger partial charge is 0.240 e. The Morgan fingerprint density at radius 2 is 1.84 bits per heavy atom. The lowest BCUT2D eigenvalue weighted by Crippen LogP contribution is -2.52. The molecule has 1 amide bonds. The second kappa shape index (κ2) is 10.7. The third-order valence-electron chi connectivity index (χ3n) is 3.62. The lowest BCUT2D eigenvalue weighted by atomic mass is 9.98. The Balaban J connectivity index is 0. The number of halogens is 2. The van der Waals surface area contributed by atoms with Gasteiger partial charge in [-0.15, -0.1) is 24.8 Å². The van der Waals surface area contributed by atoms with Gasteiger partial charge in [-0.1, -0.05) is 26.2 Å². The van der Waals surface area contributed by atoms with E-state index in [1.54, 1.807) is 0 Å². The third-order valence-corrected chi connectivity index (χ3v) is 3.62. The maximum absolute atomic E-state index is 11.9. The Hall–Kier alpha value is -0.0300. The van der Waals surface area contributed by atoms with Crippen molar-refractivity contribution in [2.24, 2.45) is 5.73 Å². The highest BCUT2D eigenvalue weighted by Crippen LogP contribution is 2.26. The molecule has 19 heavy (non-hydrogen) atoms. The summed E-state index contributed by atoms with van der Waals surface area (Å²) < 4.78 is 0. The van der Waals surface area contributed by atoms with Crippen LogP contribution in [0, 0.1) is 0 Å². The zero-order valence-electron chi connectivity index (χ0n) is 12.1. The predicted octanol–water partition coefficient (Wildman–Crippen LogP) is 1.95. The van der Waals surface area contributed by atoms with Gasteiger partial charge in [0.25, 0.3) is 0 Å². The Labute approximate surface area is 129 Å². The van der Waals surface area contributed by atoms with Crippen LogP contribution in [0.2, 0.25) is 0 Å². The van der Waals surface area contributed by atoms with Crippen molar-refractivity contribution in [1.29, 1.82) is 0 Å². The van der Waals surface area contributed by atoms with Gasteiger partial charge in [0.05, 0.1) is 5.54 Å². The summed E-state index contributed by atoms with van der Waals surface area (Å²) in [6.45, 7) is 4.90. The molecule has 0 saturated heterocycles. The van der Waals surface area contributed by atoms with Crippen LogP contribution < -0.4 is 11.1 Å². The van der Waals surface area contributed by atoms with Gasteiger partial charge in [-0.3, -0.25) is 4.79 Å². The lowest BCUT2D eigenvalue weighted by Gasteiger charge is -2.23. The second-order valence-electron chi connectivity index (χ2n) is 5.28. The van der Waals surface area contributed by atoms with Gasteiger partial charge >= 0.3 is 0 Å². The van der Waals surface area contributed by atoms with Gasteiger partial charge < -0.3 is 16.0 Å². The van der Waals surface area contributed by atoms with E-state index in [-0.39, 0.29) is 30.7 Å². The Bertz CT molecular complexity index is 246. The van der Waals surface area contributed by atoms with E-state index in [0.29, 0.717) is 6.54 Å². The summed E-state index contributed by atoms with van der Waals surface area (Å²) in [7, 11) is 2.09. The number of rotatable bonds is 7. The highest BCUT2D eigenvalue weighted by Gasteiger charge is 2.36. The van der Waals surface area contributed by atoms with Crippen molar-refractivity contribution in [1.82, 2.24) is 10.2 Å². The molecule has 116 valence electrons. The molecule has 0 atom stereocenters. The van der Waals surface area contributed by atoms with E-state index < -0.39 is 5.54 Å². The molecule has 1 saturated carbocycles. The number of amides is 1. The quantitative estimate of drug-likeness (QED) is 0.755. The molecule has 6 heteroatoms. The summed E-state index contributed by atoms with van der Waals surface area (Å²) in [5.74, 6) is 0.0406. The second-order valence-corrected chi connectivity index (χ2v) is 5.28. The number of nitrogens with two attached hydrogens (primary N) is 1. The summed E-state index contributed by atoms with van der Waals surface area (Å²) in [5.41, 5.74) is 5.49. The van der Waals surface area contributed by atoms with Gasteiger partial charge in [-0.2, -0.15) is 0 Å². The molecule has 0 radical (unpaired) electrons. The summed E-state index contributed by atoms with van der Waals surface area (Å²) in [6, 6.07) is 0. The summed E-state index contributed by atoms with van der Waals surface area (Å²) in [4.78, 5) is 14.2. The largest absolute Gasteiger partial charge is 0.353 e. The highest BCUT2D eigenvalue weighted by atomic mass is 35.5. The van der Waals surface area contributed by atoms with E-state index in [2.05, 4.69) is 24.2 Å². The van der Waals surface area contributed by atoms with Crippen LogP contribution in [0.15, 0.2) is 0 Å². The molecule has 0 aromatic carbocycles. The minimum atomic E-state index is -0.581. The van der Waals surface area contributed by atoms with Crippen molar-refractivity contribution < 1.29 is 4.79 Å². The van der Waals surface area contributed by atoms with Crippen molar-refractivity contribution in [3.8, 4) is 0 Å². The van der Waals surface area contributed by atoms with E-state index in [4.69, 9.17) is 5.73 Å². The van der Waals surface area contributed by atoms with Crippen molar-refractivity contribution in [3.63, 3.8) is 0 Å². The van der Waals surface area contributed by atoms with E-state index in [9.17, 15) is 4.79 Å². The van der Waals surface area contributed by atoms with Crippen molar-refractivity contribution in [2.75, 3.05) is 26.7 Å². The number of nitrogens with one attached hydrogen (secondary N) is 1. The van der Waals surface area contributed by atoms with Crippen LogP contribution in [0.3, 0.4) is 0 Å². The first kappa shape index (κ1) is 21.3. The fourth-order valence-corrected chi connectivity index (χ4v) is 2.31. The first-order valence-electron chi connectivity index (χ1n) is 6.84. The van der Waals surface area contributed by atoms with Crippen LogP contribution in [0.4, 0.5) is 0 Å². The van der Waals surface area contributed by atoms with Gasteiger partial charge in [-0.25, -0.2) is 0 Å². The van der Waals surface area contributed by atoms with Crippen LogP contribution in [-0.2, 0) is 4.79 Å². The topological polar surface area (TPSA) is 58.4 Å². The minimum Gasteiger partial charge on any atom is -0.353 e. The molecule has 0 unspecified atom stereocenters. The number of hydrogen-bond acceptors (Lipinski definition) is 3. The lowest BCUT2D eigenvalue weighted by molar-refractivity contribution is -0.126. The van der Waals surface area contributed by atoms with Crippen LogP contribution in [0.1, 0.15) is 45.4 Å². The van der Waals surface area contributed by atoms with Crippen LogP contribution in [-0.4, -0.2) is 43.0 Å². The zero-order chi connectivity index (χ0) is 12.7. The van der Waals surface area contributed by atoms with Gasteiger partial charge in [-0.05, 0) is 32.9 Å². The average molecular weight is 314 g/mol. The van der Waals surface area contributed by atoms with Gasteiger partial charge in [0.15, 0.2) is 0 Å². The predicted molar refractivity (Wildman–Crippen MR) is 85.3 cm³/mol. The molecule has 0 spiro atoms. The van der Waals surface area contributed by atoms with Crippen LogP contribution in [0.25, 0.3) is 0 Å². The number of hydrogen-bond donors (Lipinski definition) is 2. The first-order valence-corrected chi connectivity index (χ1v) is 6.84. The standard InChI is InChI=1S/C13H27N3O.2ClH/c1-3-4-10-16(2)11-9-15-12(17)13(14)7-5-6-8-13;;/h3-11,14H2,1-2H3,(H,15,17);2*1H. The molecule has 0 bridgehead atoms. The fraction of sp³-hybridized carbons (Fsp3) is 0.923. The molecule has 0 aromatic heterocycles. The van der Waals surface area contributed by atoms with Crippen LogP contribution in [0.5, 0.6) is 0 Å². The molecule has 1 rings (SSSR count). The summed E-state index contributed by atoms with van der Waals surface area (Å²) in [6.07, 6.45) is 6.27. The molecule has 0 heterocycles. The molecule has 0 aliphatic heterocycles. The van der Waals surface area contributed by atoms with Crippen molar-refractivity contribution >= 4 is 30.7 Å². The van der Waals surface area contributed by atoms with Crippen molar-refractivity contribution in [3.05, 3.63) is 0 Å². The Morgan fingerprint density at radius 1 is 1.26 bits per heavy atom. The molecule has 1 aliphatic rings. The van der Waals surface area contributed by atoms with E-state index in [0.717, 1.165) is 38.8 Å². The Kier molecular flexibility index (Phi) is 12.0. The summed E-state index contributed by atoms with van der Waals surface area (Å²) >= 11 is 0. The molecule has 3 N–H and O–H groups in total. The van der Waals surface area contributed by atoms with E-state index >= 15 is 0 Å². The van der Waals surface area contributed by atoms with E-state index in [1.165, 1.54) is 12.8 Å². The van der Waals surface area contributed by atoms with Gasteiger partial charge in [0.1, 0.15) is 0 Å². The van der Waals surface area contributed by atoms with Crippen LogP contribution >= 0.6 is 24.8 Å². The highest BCUT2D eigenvalue weighted by molar-refractivity contribution is 5.86. The number of likely N-dealkylation sites (N-methyl/N-ethyl adjacent to an activating group) is 1. The summed E-state index contributed by atoms with van der Waals surface area (Å²) in [5, 5.41) is 2.97. The number of unbranched alkanes of at least 4 members (excludes halogenated alkanes) is 1. The number of carbonyl (C=O) groups is 1. The van der Waals surface area contributed by atoms with E-state index in [1.807, 2.05) is 0 Å².